The number of amides is 1. The number of hydrogen-bond acceptors (Lipinski definition) is 1. The molecule has 0 heterocycles. The average Bonchev–Trinajstić information content (AvgIpc) is 2.15. The van der Waals surface area contributed by atoms with Gasteiger partial charge in [0.05, 0.1) is 0 Å². The predicted octanol–water partition coefficient (Wildman–Crippen LogP) is 3.74. The summed E-state index contributed by atoms with van der Waals surface area (Å²) in [5.41, 5.74) is -0.0383. The maximum Gasteiger partial charge on any atom is 0.251 e. The molecule has 0 fully saturated rings. The molecule has 88 valence electrons. The van der Waals surface area contributed by atoms with Gasteiger partial charge in [-0.3, -0.25) is 4.79 Å². The lowest BCUT2D eigenvalue weighted by Gasteiger charge is -2.23. The molecule has 0 spiro atoms. The van der Waals surface area contributed by atoms with E-state index in [1.54, 1.807) is 18.2 Å². The van der Waals surface area contributed by atoms with Gasteiger partial charge in [-0.2, -0.15) is 0 Å². The van der Waals surface area contributed by atoms with Gasteiger partial charge in [0.25, 0.3) is 5.91 Å². The summed E-state index contributed by atoms with van der Waals surface area (Å²) in [6.45, 7) is 3.67. The zero-order valence-corrected chi connectivity index (χ0v) is 11.2. The van der Waals surface area contributed by atoms with E-state index in [2.05, 4.69) is 5.32 Å². The van der Waals surface area contributed by atoms with E-state index in [1.165, 1.54) is 0 Å². The van der Waals surface area contributed by atoms with E-state index in [4.69, 9.17) is 34.8 Å². The highest BCUT2D eigenvalue weighted by atomic mass is 35.5. The molecule has 0 aromatic heterocycles. The van der Waals surface area contributed by atoms with Crippen molar-refractivity contribution in [1.82, 2.24) is 5.32 Å². The first-order valence-corrected chi connectivity index (χ1v) is 5.98. The number of carbonyl (C=O) groups is 1. The number of carbonyl (C=O) groups excluding carboxylic acids is 1. The Morgan fingerprint density at radius 3 is 2.19 bits per heavy atom. The van der Waals surface area contributed by atoms with Crippen molar-refractivity contribution in [2.45, 2.75) is 19.4 Å². The summed E-state index contributed by atoms with van der Waals surface area (Å²) in [5.74, 6) is 0.0857. The van der Waals surface area contributed by atoms with E-state index in [0.29, 0.717) is 21.5 Å². The number of benzene rings is 1. The molecule has 1 amide bonds. The molecule has 0 unspecified atom stereocenters. The van der Waals surface area contributed by atoms with Crippen LogP contribution in [0.4, 0.5) is 0 Å². The van der Waals surface area contributed by atoms with Crippen molar-refractivity contribution in [2.24, 2.45) is 0 Å². The predicted molar refractivity (Wildman–Crippen MR) is 68.7 cm³/mol. The Hall–Kier alpha value is -0.440. The molecule has 1 rings (SSSR count). The van der Waals surface area contributed by atoms with Crippen LogP contribution in [0.5, 0.6) is 0 Å². The van der Waals surface area contributed by atoms with E-state index in [9.17, 15) is 4.79 Å². The topological polar surface area (TPSA) is 29.1 Å². The van der Waals surface area contributed by atoms with Crippen LogP contribution in [0.25, 0.3) is 0 Å². The summed E-state index contributed by atoms with van der Waals surface area (Å²) in [6, 6.07) is 4.70. The minimum Gasteiger partial charge on any atom is -0.346 e. The second-order valence-corrected chi connectivity index (χ2v) is 5.27. The maximum atomic E-state index is 11.8. The lowest BCUT2D eigenvalue weighted by Crippen LogP contribution is -2.44. The summed E-state index contributed by atoms with van der Waals surface area (Å²) in [7, 11) is 0. The summed E-state index contributed by atoms with van der Waals surface area (Å²) in [5, 5.41) is 3.65. The van der Waals surface area contributed by atoms with Gasteiger partial charge in [-0.05, 0) is 32.0 Å². The molecule has 0 aliphatic carbocycles. The zero-order valence-electron chi connectivity index (χ0n) is 8.98. The SMILES string of the molecule is CC(C)(CCl)NC(=O)c1cc(Cl)cc(Cl)c1. The molecule has 16 heavy (non-hydrogen) atoms. The van der Waals surface area contributed by atoms with Crippen LogP contribution < -0.4 is 5.32 Å². The smallest absolute Gasteiger partial charge is 0.251 e. The lowest BCUT2D eigenvalue weighted by atomic mass is 10.1. The highest BCUT2D eigenvalue weighted by Gasteiger charge is 2.20. The first-order chi connectivity index (χ1) is 7.34. The minimum atomic E-state index is -0.465. The second-order valence-electron chi connectivity index (χ2n) is 4.13. The van der Waals surface area contributed by atoms with E-state index in [0.717, 1.165) is 0 Å². The van der Waals surface area contributed by atoms with Crippen LogP contribution in [0, 0.1) is 0 Å². The molecule has 0 bridgehead atoms. The van der Waals surface area contributed by atoms with Crippen LogP contribution in [-0.2, 0) is 0 Å². The number of nitrogens with one attached hydrogen (secondary N) is 1. The van der Waals surface area contributed by atoms with Crippen LogP contribution in [0.15, 0.2) is 18.2 Å². The minimum absolute atomic E-state index is 0.241. The van der Waals surface area contributed by atoms with Crippen LogP contribution in [0.3, 0.4) is 0 Å². The Bertz CT molecular complexity index is 384. The normalized spacial score (nSPS) is 11.3. The van der Waals surface area contributed by atoms with Crippen molar-refractivity contribution in [2.75, 3.05) is 5.88 Å². The van der Waals surface area contributed by atoms with Gasteiger partial charge in [0, 0.05) is 27.0 Å². The fourth-order valence-corrected chi connectivity index (χ4v) is 1.69. The molecular weight excluding hydrogens is 268 g/mol. The summed E-state index contributed by atoms with van der Waals surface area (Å²) in [6.07, 6.45) is 0. The van der Waals surface area contributed by atoms with Crippen molar-refractivity contribution < 1.29 is 4.79 Å². The second kappa shape index (κ2) is 5.26. The molecule has 0 radical (unpaired) electrons. The first-order valence-electron chi connectivity index (χ1n) is 4.68. The van der Waals surface area contributed by atoms with Gasteiger partial charge in [0.1, 0.15) is 0 Å². The molecule has 0 aliphatic heterocycles. The standard InChI is InChI=1S/C11H12Cl3NO/c1-11(2,6-12)15-10(16)7-3-8(13)5-9(14)4-7/h3-5H,6H2,1-2H3,(H,15,16). The lowest BCUT2D eigenvalue weighted by molar-refractivity contribution is 0.0920. The van der Waals surface area contributed by atoms with Crippen LogP contribution in [-0.4, -0.2) is 17.3 Å². The largest absolute Gasteiger partial charge is 0.346 e. The van der Waals surface area contributed by atoms with Gasteiger partial charge in [-0.25, -0.2) is 0 Å². The van der Waals surface area contributed by atoms with E-state index in [-0.39, 0.29) is 5.91 Å². The Morgan fingerprint density at radius 1 is 1.25 bits per heavy atom. The monoisotopic (exact) mass is 279 g/mol. The fraction of sp³-hybridized carbons (Fsp3) is 0.364. The average molecular weight is 281 g/mol. The van der Waals surface area contributed by atoms with Crippen molar-refractivity contribution in [3.8, 4) is 0 Å². The maximum absolute atomic E-state index is 11.8. The number of hydrogen-bond donors (Lipinski definition) is 1. The highest BCUT2D eigenvalue weighted by Crippen LogP contribution is 2.19. The Morgan fingerprint density at radius 2 is 1.75 bits per heavy atom. The van der Waals surface area contributed by atoms with Crippen molar-refractivity contribution in [1.29, 1.82) is 0 Å². The van der Waals surface area contributed by atoms with Crippen molar-refractivity contribution in [3.05, 3.63) is 33.8 Å². The molecule has 1 aromatic carbocycles. The molecule has 0 atom stereocenters. The first kappa shape index (κ1) is 13.6. The number of rotatable bonds is 3. The molecule has 1 N–H and O–H groups in total. The third kappa shape index (κ3) is 3.85. The van der Waals surface area contributed by atoms with Crippen LogP contribution >= 0.6 is 34.8 Å². The van der Waals surface area contributed by atoms with Gasteiger partial charge >= 0.3 is 0 Å². The van der Waals surface area contributed by atoms with Crippen LogP contribution in [0.2, 0.25) is 10.0 Å². The van der Waals surface area contributed by atoms with E-state index >= 15 is 0 Å². The number of alkyl halides is 1. The number of halogens is 3. The van der Waals surface area contributed by atoms with Crippen molar-refractivity contribution >= 4 is 40.7 Å². The molecule has 0 saturated heterocycles. The Balaban J connectivity index is 2.89. The Kier molecular flexibility index (Phi) is 4.48. The van der Waals surface area contributed by atoms with Gasteiger partial charge in [-0.1, -0.05) is 23.2 Å². The molecule has 2 nitrogen and oxygen atoms in total. The summed E-state index contributed by atoms with van der Waals surface area (Å²) in [4.78, 5) is 11.8. The van der Waals surface area contributed by atoms with E-state index in [1.807, 2.05) is 13.8 Å². The summed E-state index contributed by atoms with van der Waals surface area (Å²) < 4.78 is 0. The van der Waals surface area contributed by atoms with Gasteiger partial charge < -0.3 is 5.32 Å². The van der Waals surface area contributed by atoms with E-state index < -0.39 is 5.54 Å². The zero-order chi connectivity index (χ0) is 12.3. The van der Waals surface area contributed by atoms with Crippen LogP contribution in [0.1, 0.15) is 24.2 Å². The molecule has 5 heteroatoms. The molecule has 1 aromatic rings. The molecular formula is C11H12Cl3NO. The van der Waals surface area contributed by atoms with Gasteiger partial charge in [-0.15, -0.1) is 11.6 Å². The quantitative estimate of drug-likeness (QED) is 0.840. The van der Waals surface area contributed by atoms with Gasteiger partial charge in [0.15, 0.2) is 0 Å². The molecule has 0 aliphatic rings. The molecule has 0 saturated carbocycles. The highest BCUT2D eigenvalue weighted by molar-refractivity contribution is 6.35. The van der Waals surface area contributed by atoms with Gasteiger partial charge in [0.2, 0.25) is 0 Å². The summed E-state index contributed by atoms with van der Waals surface area (Å²) >= 11 is 17.3. The third-order valence-electron chi connectivity index (χ3n) is 1.91. The third-order valence-corrected chi connectivity index (χ3v) is 3.02. The Labute approximate surface area is 110 Å². The fourth-order valence-electron chi connectivity index (χ4n) is 1.10. The van der Waals surface area contributed by atoms with Crippen molar-refractivity contribution in [3.63, 3.8) is 0 Å².